The quantitative estimate of drug-likeness (QED) is 0.526. The highest BCUT2D eigenvalue weighted by Gasteiger charge is 2.55. The van der Waals surface area contributed by atoms with Crippen LogP contribution < -0.4 is 0 Å². The van der Waals surface area contributed by atoms with Crippen molar-refractivity contribution < 1.29 is 28.6 Å². The van der Waals surface area contributed by atoms with Gasteiger partial charge in [-0.2, -0.15) is 0 Å². The van der Waals surface area contributed by atoms with E-state index in [-0.39, 0.29) is 17.8 Å². The highest BCUT2D eigenvalue weighted by Crippen LogP contribution is 2.62. The first-order chi connectivity index (χ1) is 16.8. The van der Waals surface area contributed by atoms with E-state index in [1.807, 2.05) is 60.7 Å². The van der Waals surface area contributed by atoms with Crippen molar-refractivity contribution in [2.75, 3.05) is 20.8 Å². The van der Waals surface area contributed by atoms with Crippen LogP contribution in [0.5, 0.6) is 0 Å². The van der Waals surface area contributed by atoms with Gasteiger partial charge in [-0.3, -0.25) is 9.46 Å². The maximum absolute atomic E-state index is 13.4. The van der Waals surface area contributed by atoms with Gasteiger partial charge >= 0.3 is 13.7 Å². The average Bonchev–Trinajstić information content (AvgIpc) is 2.87. The molecule has 4 rings (SSSR count). The van der Waals surface area contributed by atoms with Crippen molar-refractivity contribution in [1.29, 1.82) is 0 Å². The Labute approximate surface area is 207 Å². The number of hydrogen-bond acceptors (Lipinski definition) is 4. The fourth-order valence-electron chi connectivity index (χ4n) is 6.33. The maximum atomic E-state index is 13.4. The zero-order valence-electron chi connectivity index (χ0n) is 20.5. The SMILES string of the molecule is COC(=O)N1CC2CCC(C(Cc3ccccc3)(Cc3ccccc3)P(=O)(O)O)CC2CC1OC. The first-order valence-corrected chi connectivity index (χ1v) is 13.9. The molecule has 4 atom stereocenters. The summed E-state index contributed by atoms with van der Waals surface area (Å²) in [4.78, 5) is 35.9. The minimum atomic E-state index is -4.52. The van der Waals surface area contributed by atoms with Gasteiger partial charge in [0.1, 0.15) is 6.23 Å². The Hall–Kier alpha value is -2.18. The number of methoxy groups -OCH3 is 2. The molecule has 2 aromatic carbocycles. The summed E-state index contributed by atoms with van der Waals surface area (Å²) in [6.07, 6.45) is 2.70. The van der Waals surface area contributed by atoms with E-state index in [0.29, 0.717) is 38.6 Å². The monoisotopic (exact) mass is 501 g/mol. The Morgan fingerprint density at radius 1 is 0.943 bits per heavy atom. The van der Waals surface area contributed by atoms with Gasteiger partial charge in [-0.25, -0.2) is 4.79 Å². The van der Waals surface area contributed by atoms with Gasteiger partial charge in [-0.05, 0) is 67.4 Å². The molecule has 35 heavy (non-hydrogen) atoms. The van der Waals surface area contributed by atoms with Crippen molar-refractivity contribution >= 4 is 13.7 Å². The lowest BCUT2D eigenvalue weighted by Gasteiger charge is -2.51. The Kier molecular flexibility index (Phi) is 8.02. The van der Waals surface area contributed by atoms with Crippen molar-refractivity contribution in [2.45, 2.75) is 49.9 Å². The number of carbonyl (C=O) groups is 1. The predicted octanol–water partition coefficient (Wildman–Crippen LogP) is 4.87. The van der Waals surface area contributed by atoms with Crippen molar-refractivity contribution in [1.82, 2.24) is 4.90 Å². The molecular weight excluding hydrogens is 465 g/mol. The second kappa shape index (κ2) is 10.8. The molecule has 1 saturated heterocycles. The van der Waals surface area contributed by atoms with Crippen molar-refractivity contribution in [2.24, 2.45) is 17.8 Å². The van der Waals surface area contributed by atoms with Crippen LogP contribution in [0.3, 0.4) is 0 Å². The number of fused-ring (bicyclic) bond motifs is 1. The highest BCUT2D eigenvalue weighted by atomic mass is 31.2. The smallest absolute Gasteiger partial charge is 0.411 e. The fourth-order valence-corrected chi connectivity index (χ4v) is 7.81. The molecule has 1 heterocycles. The second-order valence-corrected chi connectivity index (χ2v) is 12.0. The molecule has 1 aliphatic carbocycles. The van der Waals surface area contributed by atoms with Crippen LogP contribution in [0.2, 0.25) is 0 Å². The van der Waals surface area contributed by atoms with Crippen LogP contribution in [0.15, 0.2) is 60.7 Å². The molecule has 2 N–H and O–H groups in total. The summed E-state index contributed by atoms with van der Waals surface area (Å²) in [6, 6.07) is 19.4. The maximum Gasteiger partial charge on any atom is 0.411 e. The molecular formula is C27H36NO6P. The van der Waals surface area contributed by atoms with E-state index in [1.165, 1.54) is 7.11 Å². The van der Waals surface area contributed by atoms with Crippen LogP contribution in [0, 0.1) is 17.8 Å². The van der Waals surface area contributed by atoms with Crippen LogP contribution >= 0.6 is 7.60 Å². The van der Waals surface area contributed by atoms with E-state index < -0.39 is 25.1 Å². The van der Waals surface area contributed by atoms with Gasteiger partial charge in [-0.1, -0.05) is 60.7 Å². The van der Waals surface area contributed by atoms with Crippen LogP contribution in [0.1, 0.15) is 36.8 Å². The molecule has 2 fully saturated rings. The molecule has 2 aromatic rings. The molecule has 1 amide bonds. The standard InChI is InChI=1S/C27H36NO6P/c1-33-25-16-23-15-24(14-13-22(23)19-28(25)26(29)34-2)27(35(30,31)32,17-20-9-5-3-6-10-20)18-21-11-7-4-8-12-21/h3-12,22-25H,13-19H2,1-2H3,(H2,30,31,32). The summed E-state index contributed by atoms with van der Waals surface area (Å²) < 4.78 is 24.0. The molecule has 8 heteroatoms. The molecule has 0 radical (unpaired) electrons. The summed E-state index contributed by atoms with van der Waals surface area (Å²) in [6.45, 7) is 0.544. The highest BCUT2D eigenvalue weighted by molar-refractivity contribution is 7.53. The van der Waals surface area contributed by atoms with Gasteiger partial charge in [0.2, 0.25) is 0 Å². The number of ether oxygens (including phenoxy) is 2. The largest absolute Gasteiger partial charge is 0.453 e. The lowest BCUT2D eigenvalue weighted by molar-refractivity contribution is -0.0910. The Bertz CT molecular complexity index is 985. The van der Waals surface area contributed by atoms with Crippen LogP contribution in [-0.2, 0) is 26.9 Å². The van der Waals surface area contributed by atoms with Crippen LogP contribution in [-0.4, -0.2) is 52.9 Å². The second-order valence-electron chi connectivity index (χ2n) is 10.1. The number of likely N-dealkylation sites (tertiary alicyclic amines) is 1. The van der Waals surface area contributed by atoms with Crippen LogP contribution in [0.25, 0.3) is 0 Å². The number of carbonyl (C=O) groups excluding carboxylic acids is 1. The Morgan fingerprint density at radius 3 is 2.00 bits per heavy atom. The number of nitrogens with zero attached hydrogens (tertiary/aromatic N) is 1. The third-order valence-corrected chi connectivity index (χ3v) is 9.99. The summed E-state index contributed by atoms with van der Waals surface area (Å²) in [7, 11) is -1.56. The molecule has 0 aromatic heterocycles. The normalized spacial score (nSPS) is 25.1. The number of amides is 1. The van der Waals surface area contributed by atoms with E-state index in [9.17, 15) is 19.1 Å². The minimum absolute atomic E-state index is 0.160. The van der Waals surface area contributed by atoms with E-state index in [1.54, 1.807) is 12.0 Å². The number of benzene rings is 2. The molecule has 4 unspecified atom stereocenters. The molecule has 1 saturated carbocycles. The lowest BCUT2D eigenvalue weighted by Crippen LogP contribution is -2.54. The zero-order valence-corrected chi connectivity index (χ0v) is 21.3. The third-order valence-electron chi connectivity index (χ3n) is 8.15. The van der Waals surface area contributed by atoms with Gasteiger partial charge < -0.3 is 19.3 Å². The fraction of sp³-hybridized carbons (Fsp3) is 0.519. The molecule has 190 valence electrons. The number of rotatable bonds is 7. The molecule has 2 aliphatic rings. The van der Waals surface area contributed by atoms with Crippen LogP contribution in [0.4, 0.5) is 4.79 Å². The Morgan fingerprint density at radius 2 is 1.51 bits per heavy atom. The lowest BCUT2D eigenvalue weighted by atomic mass is 9.65. The van der Waals surface area contributed by atoms with E-state index in [4.69, 9.17) is 9.47 Å². The summed E-state index contributed by atoms with van der Waals surface area (Å²) >= 11 is 0. The van der Waals surface area contributed by atoms with Crippen molar-refractivity contribution in [3.8, 4) is 0 Å². The summed E-state index contributed by atoms with van der Waals surface area (Å²) in [5.74, 6) is 0.323. The first-order valence-electron chi connectivity index (χ1n) is 12.3. The van der Waals surface area contributed by atoms with Gasteiger partial charge in [0.05, 0.1) is 12.3 Å². The molecule has 0 bridgehead atoms. The minimum Gasteiger partial charge on any atom is -0.453 e. The van der Waals surface area contributed by atoms with E-state index in [0.717, 1.165) is 17.5 Å². The number of hydrogen-bond donors (Lipinski definition) is 2. The number of piperidine rings is 1. The zero-order chi connectivity index (χ0) is 25.1. The van der Waals surface area contributed by atoms with Crippen molar-refractivity contribution in [3.63, 3.8) is 0 Å². The van der Waals surface area contributed by atoms with Gasteiger partial charge in [0.15, 0.2) is 0 Å². The third kappa shape index (κ3) is 5.49. The summed E-state index contributed by atoms with van der Waals surface area (Å²) in [5.41, 5.74) is 1.87. The topological polar surface area (TPSA) is 96.3 Å². The molecule has 1 aliphatic heterocycles. The summed E-state index contributed by atoms with van der Waals surface area (Å²) in [5, 5.41) is -1.21. The van der Waals surface area contributed by atoms with Gasteiger partial charge in [-0.15, -0.1) is 0 Å². The predicted molar refractivity (Wildman–Crippen MR) is 134 cm³/mol. The Balaban J connectivity index is 1.67. The van der Waals surface area contributed by atoms with Gasteiger partial charge in [0, 0.05) is 13.7 Å². The molecule has 0 spiro atoms. The average molecular weight is 502 g/mol. The van der Waals surface area contributed by atoms with E-state index >= 15 is 0 Å². The van der Waals surface area contributed by atoms with E-state index in [2.05, 4.69) is 0 Å². The van der Waals surface area contributed by atoms with Gasteiger partial charge in [0.25, 0.3) is 0 Å². The van der Waals surface area contributed by atoms with Crippen molar-refractivity contribution in [3.05, 3.63) is 71.8 Å². The first kappa shape index (κ1) is 25.9. The molecule has 7 nitrogen and oxygen atoms in total.